The second-order valence-corrected chi connectivity index (χ2v) is 3.61. The van der Waals surface area contributed by atoms with Crippen molar-refractivity contribution in [2.24, 2.45) is 0 Å². The van der Waals surface area contributed by atoms with Gasteiger partial charge in [0.15, 0.2) is 0 Å². The lowest BCUT2D eigenvalue weighted by Gasteiger charge is -2.04. The fraction of sp³-hybridized carbons (Fsp3) is 0.364. The van der Waals surface area contributed by atoms with Gasteiger partial charge in [-0.3, -0.25) is 4.79 Å². The third kappa shape index (κ3) is 3.88. The Hall–Kier alpha value is -1.09. The summed E-state index contributed by atoms with van der Waals surface area (Å²) in [7, 11) is 0. The summed E-state index contributed by atoms with van der Waals surface area (Å²) in [5.41, 5.74) is 0.915. The van der Waals surface area contributed by atoms with Crippen LogP contribution in [0.25, 0.3) is 0 Å². The molecule has 0 unspecified atom stereocenters. The quantitative estimate of drug-likeness (QED) is 0.845. The molecule has 0 aliphatic rings. The first-order chi connectivity index (χ1) is 7.13. The Labute approximate surface area is 93.4 Å². The zero-order valence-electron chi connectivity index (χ0n) is 8.52. The number of benzene rings is 1. The van der Waals surface area contributed by atoms with Crippen molar-refractivity contribution in [1.29, 1.82) is 0 Å². The lowest BCUT2D eigenvalue weighted by molar-refractivity contribution is -0.120. The van der Waals surface area contributed by atoms with E-state index < -0.39 is 5.82 Å². The molecular formula is C11H13ClFNO. The van der Waals surface area contributed by atoms with E-state index in [9.17, 15) is 9.18 Å². The molecule has 1 N–H and O–H groups in total. The molecule has 0 atom stereocenters. The molecule has 0 aliphatic heterocycles. The molecule has 1 aromatic rings. The third-order valence-electron chi connectivity index (χ3n) is 2.04. The largest absolute Gasteiger partial charge is 0.356 e. The molecule has 0 saturated heterocycles. The highest BCUT2D eigenvalue weighted by molar-refractivity contribution is 6.30. The maximum Gasteiger partial charge on any atom is 0.219 e. The summed E-state index contributed by atoms with van der Waals surface area (Å²) < 4.78 is 12.8. The summed E-state index contributed by atoms with van der Waals surface area (Å²) in [6, 6.07) is 4.58. The molecule has 0 heterocycles. The average molecular weight is 230 g/mol. The first-order valence-corrected chi connectivity index (χ1v) is 5.22. The Morgan fingerprint density at radius 3 is 2.87 bits per heavy atom. The molecule has 0 spiro atoms. The summed E-state index contributed by atoms with van der Waals surface area (Å²) in [4.78, 5) is 10.9. The van der Waals surface area contributed by atoms with Crippen LogP contribution >= 0.6 is 11.6 Å². The number of carbonyl (C=O) groups excluding carboxylic acids is 1. The van der Waals surface area contributed by atoms with Crippen molar-refractivity contribution in [3.05, 3.63) is 34.6 Å². The van der Waals surface area contributed by atoms with Crippen LogP contribution in [-0.2, 0) is 11.2 Å². The van der Waals surface area contributed by atoms with E-state index >= 15 is 0 Å². The van der Waals surface area contributed by atoms with Gasteiger partial charge < -0.3 is 5.32 Å². The molecule has 0 bridgehead atoms. The van der Waals surface area contributed by atoms with E-state index in [0.717, 1.165) is 5.56 Å². The van der Waals surface area contributed by atoms with Gasteiger partial charge in [0.2, 0.25) is 5.91 Å². The normalized spacial score (nSPS) is 10.1. The number of carbonyl (C=O) groups is 1. The molecule has 1 rings (SSSR count). The van der Waals surface area contributed by atoms with Crippen LogP contribution in [0.3, 0.4) is 0 Å². The molecule has 0 fully saturated rings. The van der Waals surface area contributed by atoms with Crippen LogP contribution in [0.15, 0.2) is 18.2 Å². The van der Waals surface area contributed by atoms with Crippen molar-refractivity contribution < 1.29 is 9.18 Å². The van der Waals surface area contributed by atoms with Crippen LogP contribution in [0.4, 0.5) is 4.39 Å². The molecule has 1 aromatic carbocycles. The van der Waals surface area contributed by atoms with Crippen LogP contribution in [0, 0.1) is 5.82 Å². The van der Waals surface area contributed by atoms with Crippen molar-refractivity contribution >= 4 is 17.5 Å². The smallest absolute Gasteiger partial charge is 0.219 e. The summed E-state index contributed by atoms with van der Waals surface area (Å²) in [5.74, 6) is -0.402. The predicted octanol–water partition coefficient (Wildman–Crippen LogP) is 2.55. The summed E-state index contributed by atoms with van der Waals surface area (Å²) in [6.07, 6.45) is 1.13. The Balaban J connectivity index is 2.44. The van der Waals surface area contributed by atoms with E-state index in [1.54, 1.807) is 19.1 Å². The summed E-state index contributed by atoms with van der Waals surface area (Å²) in [5, 5.41) is 2.86. The van der Waals surface area contributed by atoms with Gasteiger partial charge in [-0.05, 0) is 24.1 Å². The number of halogens is 2. The SMILES string of the molecule is CCC(=O)NCCc1ccc(F)c(Cl)c1. The second kappa shape index (κ2) is 5.71. The topological polar surface area (TPSA) is 29.1 Å². The van der Waals surface area contributed by atoms with Gasteiger partial charge >= 0.3 is 0 Å². The Bertz CT molecular complexity index is 354. The molecule has 0 saturated carbocycles. The van der Waals surface area contributed by atoms with Gasteiger partial charge in [0, 0.05) is 13.0 Å². The van der Waals surface area contributed by atoms with Gasteiger partial charge in [-0.2, -0.15) is 0 Å². The molecule has 0 aliphatic carbocycles. The van der Waals surface area contributed by atoms with Gasteiger partial charge in [0.1, 0.15) is 5.82 Å². The summed E-state index contributed by atoms with van der Waals surface area (Å²) >= 11 is 5.62. The van der Waals surface area contributed by atoms with Crippen LogP contribution in [-0.4, -0.2) is 12.5 Å². The van der Waals surface area contributed by atoms with Gasteiger partial charge in [-0.1, -0.05) is 24.6 Å². The highest BCUT2D eigenvalue weighted by atomic mass is 35.5. The molecular weight excluding hydrogens is 217 g/mol. The molecule has 0 aromatic heterocycles. The first kappa shape index (κ1) is 12.0. The number of nitrogens with one attached hydrogen (secondary N) is 1. The molecule has 1 amide bonds. The molecule has 4 heteroatoms. The van der Waals surface area contributed by atoms with E-state index in [-0.39, 0.29) is 10.9 Å². The summed E-state index contributed by atoms with van der Waals surface area (Å²) in [6.45, 7) is 2.35. The molecule has 15 heavy (non-hydrogen) atoms. The first-order valence-electron chi connectivity index (χ1n) is 4.84. The second-order valence-electron chi connectivity index (χ2n) is 3.20. The van der Waals surface area contributed by atoms with Gasteiger partial charge in [-0.15, -0.1) is 0 Å². The van der Waals surface area contributed by atoms with Crippen LogP contribution in [0.1, 0.15) is 18.9 Å². The lowest BCUT2D eigenvalue weighted by Crippen LogP contribution is -2.24. The van der Waals surface area contributed by atoms with Gasteiger partial charge in [-0.25, -0.2) is 4.39 Å². The predicted molar refractivity (Wildman–Crippen MR) is 58.4 cm³/mol. The van der Waals surface area contributed by atoms with E-state index in [1.165, 1.54) is 6.07 Å². The Morgan fingerprint density at radius 2 is 2.27 bits per heavy atom. The van der Waals surface area contributed by atoms with Crippen LogP contribution in [0.2, 0.25) is 5.02 Å². The van der Waals surface area contributed by atoms with Gasteiger partial charge in [0.05, 0.1) is 5.02 Å². The van der Waals surface area contributed by atoms with Crippen LogP contribution in [0.5, 0.6) is 0 Å². The zero-order chi connectivity index (χ0) is 11.3. The minimum absolute atomic E-state index is 0.0169. The van der Waals surface area contributed by atoms with E-state index in [2.05, 4.69) is 5.32 Å². The minimum Gasteiger partial charge on any atom is -0.356 e. The van der Waals surface area contributed by atoms with Crippen molar-refractivity contribution in [3.8, 4) is 0 Å². The van der Waals surface area contributed by atoms with E-state index in [0.29, 0.717) is 19.4 Å². The van der Waals surface area contributed by atoms with Gasteiger partial charge in [0.25, 0.3) is 0 Å². The monoisotopic (exact) mass is 229 g/mol. The number of rotatable bonds is 4. The number of hydrogen-bond acceptors (Lipinski definition) is 1. The minimum atomic E-state index is -0.419. The maximum atomic E-state index is 12.8. The highest BCUT2D eigenvalue weighted by Gasteiger charge is 2.01. The lowest BCUT2D eigenvalue weighted by atomic mass is 10.1. The van der Waals surface area contributed by atoms with Crippen molar-refractivity contribution in [3.63, 3.8) is 0 Å². The van der Waals surface area contributed by atoms with Crippen molar-refractivity contribution in [2.45, 2.75) is 19.8 Å². The highest BCUT2D eigenvalue weighted by Crippen LogP contribution is 2.15. The zero-order valence-corrected chi connectivity index (χ0v) is 9.27. The molecule has 0 radical (unpaired) electrons. The Kier molecular flexibility index (Phi) is 4.56. The third-order valence-corrected chi connectivity index (χ3v) is 2.33. The molecule has 2 nitrogen and oxygen atoms in total. The van der Waals surface area contributed by atoms with E-state index in [4.69, 9.17) is 11.6 Å². The fourth-order valence-corrected chi connectivity index (χ4v) is 1.37. The number of hydrogen-bond donors (Lipinski definition) is 1. The maximum absolute atomic E-state index is 12.8. The Morgan fingerprint density at radius 1 is 1.53 bits per heavy atom. The molecule has 82 valence electrons. The standard InChI is InChI=1S/C11H13ClFNO/c1-2-11(15)14-6-5-8-3-4-10(13)9(12)7-8/h3-4,7H,2,5-6H2,1H3,(H,14,15). The number of amides is 1. The van der Waals surface area contributed by atoms with E-state index in [1.807, 2.05) is 0 Å². The van der Waals surface area contributed by atoms with Crippen molar-refractivity contribution in [1.82, 2.24) is 5.32 Å². The fourth-order valence-electron chi connectivity index (χ4n) is 1.17. The van der Waals surface area contributed by atoms with Crippen molar-refractivity contribution in [2.75, 3.05) is 6.54 Å². The average Bonchev–Trinajstić information content (AvgIpc) is 2.23. The van der Waals surface area contributed by atoms with Crippen LogP contribution < -0.4 is 5.32 Å².